The van der Waals surface area contributed by atoms with Gasteiger partial charge in [0.2, 0.25) is 0 Å². The third kappa shape index (κ3) is 10.4. The fraction of sp³-hybridized carbons (Fsp3) is 0.400. The molecule has 39 heavy (non-hydrogen) atoms. The summed E-state index contributed by atoms with van der Waals surface area (Å²) >= 11 is 6.42. The van der Waals surface area contributed by atoms with Gasteiger partial charge in [0.15, 0.2) is 0 Å². The van der Waals surface area contributed by atoms with Crippen LogP contribution in [-0.2, 0) is 18.9 Å². The number of nitro benzene ring substituents is 1. The second-order valence-electron chi connectivity index (χ2n) is 8.42. The average Bonchev–Trinajstić information content (AvgIpc) is 2.86. The van der Waals surface area contributed by atoms with Gasteiger partial charge in [0.1, 0.15) is 30.7 Å². The summed E-state index contributed by atoms with van der Waals surface area (Å²) in [7, 11) is 0. The first-order chi connectivity index (χ1) is 18.5. The topological polar surface area (TPSA) is 166 Å². The van der Waals surface area contributed by atoms with E-state index in [4.69, 9.17) is 30.5 Å². The number of azo groups is 1. The Morgan fingerprint density at radius 2 is 1.51 bits per heavy atom. The molecule has 0 aromatic heterocycles. The largest absolute Gasteiger partial charge is 0.508 e. The Morgan fingerprint density at radius 1 is 0.974 bits per heavy atom. The van der Waals surface area contributed by atoms with Crippen LogP contribution < -0.4 is 4.90 Å². The lowest BCUT2D eigenvalue weighted by Gasteiger charge is -2.25. The van der Waals surface area contributed by atoms with Gasteiger partial charge in [-0.25, -0.2) is 9.59 Å². The molecule has 0 aliphatic rings. The zero-order valence-corrected chi connectivity index (χ0v) is 22.6. The lowest BCUT2D eigenvalue weighted by molar-refractivity contribution is -0.384. The van der Waals surface area contributed by atoms with Crippen molar-refractivity contribution < 1.29 is 33.5 Å². The number of hydrogen-bond donors (Lipinski definition) is 0. The predicted octanol–water partition coefficient (Wildman–Crippen LogP) is 6.46. The summed E-state index contributed by atoms with van der Waals surface area (Å²) in [6.45, 7) is 7.21. The highest BCUT2D eigenvalue weighted by atomic mass is 35.5. The van der Waals surface area contributed by atoms with Gasteiger partial charge in [-0.1, -0.05) is 11.6 Å². The van der Waals surface area contributed by atoms with Crippen LogP contribution in [0.15, 0.2) is 46.6 Å². The lowest BCUT2D eigenvalue weighted by atomic mass is 10.2. The highest BCUT2D eigenvalue weighted by Gasteiger charge is 2.15. The quantitative estimate of drug-likeness (QED) is 0.121. The Bertz CT molecular complexity index is 1220. The summed E-state index contributed by atoms with van der Waals surface area (Å²) in [6.07, 6.45) is -2.27. The van der Waals surface area contributed by atoms with Crippen LogP contribution in [0.4, 0.5) is 32.3 Å². The minimum atomic E-state index is -0.807. The molecule has 0 bridgehead atoms. The summed E-state index contributed by atoms with van der Waals surface area (Å²) in [5, 5.41) is 28.5. The molecule has 0 aliphatic heterocycles. The number of benzene rings is 2. The monoisotopic (exact) mass is 561 g/mol. The molecule has 208 valence electrons. The van der Waals surface area contributed by atoms with Crippen molar-refractivity contribution in [3.63, 3.8) is 0 Å². The normalized spacial score (nSPS) is 10.8. The van der Waals surface area contributed by atoms with E-state index in [2.05, 4.69) is 10.2 Å². The molecule has 13 nitrogen and oxygen atoms in total. The highest BCUT2D eigenvalue weighted by molar-refractivity contribution is 6.33. The third-order valence-corrected chi connectivity index (χ3v) is 5.00. The number of ether oxygens (including phenoxy) is 4. The number of anilines is 1. The molecule has 0 unspecified atom stereocenters. The second kappa shape index (κ2) is 15.1. The summed E-state index contributed by atoms with van der Waals surface area (Å²) < 4.78 is 20.1. The van der Waals surface area contributed by atoms with E-state index in [0.29, 0.717) is 5.69 Å². The molecule has 0 spiro atoms. The summed E-state index contributed by atoms with van der Waals surface area (Å²) in [5.74, 6) is 0. The van der Waals surface area contributed by atoms with E-state index in [-0.39, 0.29) is 66.2 Å². The molecular weight excluding hydrogens is 534 g/mol. The molecule has 0 radical (unpaired) electrons. The number of hydrogen-bond acceptors (Lipinski definition) is 12. The van der Waals surface area contributed by atoms with E-state index in [1.807, 2.05) is 6.07 Å². The van der Waals surface area contributed by atoms with E-state index in [1.54, 1.807) is 50.8 Å². The molecule has 0 saturated carbocycles. The van der Waals surface area contributed by atoms with Gasteiger partial charge in [0.05, 0.1) is 40.8 Å². The van der Waals surface area contributed by atoms with Gasteiger partial charge >= 0.3 is 12.3 Å². The second-order valence-corrected chi connectivity index (χ2v) is 8.83. The lowest BCUT2D eigenvalue weighted by Crippen LogP contribution is -2.32. The summed E-state index contributed by atoms with van der Waals surface area (Å²) in [5.41, 5.74) is 0.764. The van der Waals surface area contributed by atoms with Crippen LogP contribution >= 0.6 is 11.6 Å². The molecule has 2 rings (SSSR count). The van der Waals surface area contributed by atoms with Gasteiger partial charge in [-0.05, 0) is 52.0 Å². The molecular formula is C25H28ClN5O8. The van der Waals surface area contributed by atoms with Crippen molar-refractivity contribution in [1.29, 1.82) is 5.26 Å². The van der Waals surface area contributed by atoms with Gasteiger partial charge in [-0.15, -0.1) is 10.2 Å². The van der Waals surface area contributed by atoms with E-state index in [9.17, 15) is 25.0 Å². The van der Waals surface area contributed by atoms with Gasteiger partial charge in [-0.2, -0.15) is 5.26 Å². The first-order valence-corrected chi connectivity index (χ1v) is 12.2. The average molecular weight is 562 g/mol. The smallest absolute Gasteiger partial charge is 0.432 e. The molecule has 0 atom stereocenters. The minimum Gasteiger partial charge on any atom is -0.432 e. The van der Waals surface area contributed by atoms with Crippen LogP contribution in [0, 0.1) is 21.4 Å². The number of rotatable bonds is 12. The number of non-ortho nitro benzene ring substituents is 1. The van der Waals surface area contributed by atoms with Gasteiger partial charge in [0, 0.05) is 17.8 Å². The van der Waals surface area contributed by atoms with E-state index in [1.165, 1.54) is 12.1 Å². The number of carbonyl (C=O) groups excluding carboxylic acids is 2. The van der Waals surface area contributed by atoms with Crippen molar-refractivity contribution >= 4 is 46.7 Å². The van der Waals surface area contributed by atoms with Crippen LogP contribution in [0.5, 0.6) is 0 Å². The minimum absolute atomic E-state index is 0.0149. The van der Waals surface area contributed by atoms with Crippen molar-refractivity contribution in [2.45, 2.75) is 39.9 Å². The fourth-order valence-electron chi connectivity index (χ4n) is 3.00. The number of nitro groups is 1. The van der Waals surface area contributed by atoms with E-state index >= 15 is 0 Å². The van der Waals surface area contributed by atoms with Gasteiger partial charge < -0.3 is 23.8 Å². The Morgan fingerprint density at radius 3 is 2.00 bits per heavy atom. The number of nitriles is 1. The van der Waals surface area contributed by atoms with Crippen molar-refractivity contribution in [3.8, 4) is 6.07 Å². The zero-order valence-electron chi connectivity index (χ0n) is 21.8. The molecule has 0 aliphatic carbocycles. The maximum Gasteiger partial charge on any atom is 0.508 e. The van der Waals surface area contributed by atoms with Crippen LogP contribution in [0.3, 0.4) is 0 Å². The van der Waals surface area contributed by atoms with E-state index < -0.39 is 17.2 Å². The number of halogens is 1. The molecule has 0 heterocycles. The molecule has 0 N–H and O–H groups in total. The highest BCUT2D eigenvalue weighted by Crippen LogP contribution is 2.32. The van der Waals surface area contributed by atoms with Crippen LogP contribution in [-0.4, -0.2) is 55.7 Å². The van der Waals surface area contributed by atoms with Crippen molar-refractivity contribution in [3.05, 3.63) is 57.1 Å². The van der Waals surface area contributed by atoms with E-state index in [0.717, 1.165) is 6.07 Å². The third-order valence-electron chi connectivity index (χ3n) is 4.70. The van der Waals surface area contributed by atoms with Gasteiger partial charge in [-0.3, -0.25) is 10.1 Å². The summed E-state index contributed by atoms with van der Waals surface area (Å²) in [4.78, 5) is 35.5. The Kier molecular flexibility index (Phi) is 11.9. The SMILES string of the molecule is CC(C)OC(=O)OCCN(CCOC(=O)OC(C)C)c1ccc(N=Nc2ccc([N+](=O)[O-])cc2C#N)c(Cl)c1. The van der Waals surface area contributed by atoms with Gasteiger partial charge in [0.25, 0.3) is 5.69 Å². The van der Waals surface area contributed by atoms with Crippen molar-refractivity contribution in [2.24, 2.45) is 10.2 Å². The van der Waals surface area contributed by atoms with Crippen molar-refractivity contribution in [2.75, 3.05) is 31.2 Å². The Hall–Kier alpha value is -4.44. The van der Waals surface area contributed by atoms with Crippen molar-refractivity contribution in [1.82, 2.24) is 0 Å². The Labute approximate surface area is 230 Å². The fourth-order valence-corrected chi connectivity index (χ4v) is 3.21. The number of nitrogens with zero attached hydrogens (tertiary/aromatic N) is 5. The van der Waals surface area contributed by atoms with Crippen LogP contribution in [0.1, 0.15) is 33.3 Å². The van der Waals surface area contributed by atoms with Crippen LogP contribution in [0.25, 0.3) is 0 Å². The summed E-state index contributed by atoms with van der Waals surface area (Å²) in [6, 6.07) is 10.3. The molecule has 0 saturated heterocycles. The molecule has 14 heteroatoms. The Balaban J connectivity index is 2.17. The maximum absolute atomic E-state index is 11.7. The molecule has 0 amide bonds. The predicted molar refractivity (Wildman–Crippen MR) is 141 cm³/mol. The standard InChI is InChI=1S/C25H28ClN5O8/c1-16(2)38-24(32)36-11-9-30(10-12-37-25(33)39-17(3)4)19-5-8-23(21(26)14-19)29-28-22-7-6-20(31(34)35)13-18(22)15-27/h5-8,13-14,16-17H,9-12H2,1-4H3. The maximum atomic E-state index is 11.7. The molecule has 2 aromatic rings. The zero-order chi connectivity index (χ0) is 28.9. The first kappa shape index (κ1) is 30.8. The molecule has 0 fully saturated rings. The first-order valence-electron chi connectivity index (χ1n) is 11.8. The number of carbonyl (C=O) groups is 2. The van der Waals surface area contributed by atoms with Crippen LogP contribution in [0.2, 0.25) is 5.02 Å². The molecule has 2 aromatic carbocycles.